The van der Waals surface area contributed by atoms with Gasteiger partial charge >= 0.3 is 6.01 Å². The molecule has 2 heterocycles. The Morgan fingerprint density at radius 2 is 2.38 bits per heavy atom. The molecule has 3 N–H and O–H groups in total. The molecule has 82 valence electrons. The summed E-state index contributed by atoms with van der Waals surface area (Å²) in [5.74, 6) is -0.0398. The number of nitrogens with one attached hydrogen (secondary N) is 1. The van der Waals surface area contributed by atoms with Crippen LogP contribution in [-0.4, -0.2) is 30.8 Å². The van der Waals surface area contributed by atoms with E-state index in [1.54, 1.807) is 7.05 Å². The molecule has 0 aliphatic rings. The van der Waals surface area contributed by atoms with Crippen LogP contribution in [0.25, 0.3) is 0 Å². The predicted octanol–water partition coefficient (Wildman–Crippen LogP) is -0.319. The van der Waals surface area contributed by atoms with E-state index >= 15 is 0 Å². The molecular formula is C8H9N7O. The normalized spacial score (nSPS) is 10.1. The second-order valence-electron chi connectivity index (χ2n) is 2.97. The summed E-state index contributed by atoms with van der Waals surface area (Å²) in [6.07, 6.45) is 2.91. The van der Waals surface area contributed by atoms with E-state index in [2.05, 4.69) is 20.3 Å². The Balaban J connectivity index is 2.31. The van der Waals surface area contributed by atoms with E-state index in [-0.39, 0.29) is 17.7 Å². The van der Waals surface area contributed by atoms with E-state index in [1.807, 2.05) is 0 Å². The third-order valence-corrected chi connectivity index (χ3v) is 1.74. The van der Waals surface area contributed by atoms with Crippen LogP contribution in [0, 0.1) is 5.41 Å². The number of aryl methyl sites for hydroxylation is 1. The van der Waals surface area contributed by atoms with Crippen molar-refractivity contribution in [1.29, 1.82) is 5.41 Å². The first-order chi connectivity index (χ1) is 7.66. The fourth-order valence-electron chi connectivity index (χ4n) is 1.05. The Kier molecular flexibility index (Phi) is 2.46. The van der Waals surface area contributed by atoms with Gasteiger partial charge in [-0.05, 0) is 6.07 Å². The van der Waals surface area contributed by atoms with Crippen molar-refractivity contribution in [3.05, 3.63) is 24.2 Å². The van der Waals surface area contributed by atoms with E-state index in [4.69, 9.17) is 15.9 Å². The molecule has 0 saturated heterocycles. The number of amidine groups is 1. The summed E-state index contributed by atoms with van der Waals surface area (Å²) in [5, 5.41) is 18.6. The highest BCUT2D eigenvalue weighted by Crippen LogP contribution is 2.17. The fourth-order valence-corrected chi connectivity index (χ4v) is 1.05. The van der Waals surface area contributed by atoms with Crippen LogP contribution in [-0.2, 0) is 7.05 Å². The van der Waals surface area contributed by atoms with E-state index in [9.17, 15) is 0 Å². The van der Waals surface area contributed by atoms with E-state index < -0.39 is 0 Å². The number of nitrogens with zero attached hydrogens (tertiary/aromatic N) is 5. The lowest BCUT2D eigenvalue weighted by molar-refractivity contribution is 0.415. The molecule has 0 aromatic carbocycles. The van der Waals surface area contributed by atoms with Crippen molar-refractivity contribution in [2.75, 3.05) is 0 Å². The van der Waals surface area contributed by atoms with Crippen LogP contribution in [0.2, 0.25) is 0 Å². The van der Waals surface area contributed by atoms with Crippen LogP contribution in [0.3, 0.4) is 0 Å². The largest absolute Gasteiger partial charge is 0.402 e. The minimum Gasteiger partial charge on any atom is -0.402 e. The number of hydrogen-bond acceptors (Lipinski definition) is 6. The molecule has 0 amide bonds. The molecular weight excluding hydrogens is 210 g/mol. The molecule has 0 saturated carbocycles. The quantitative estimate of drug-likeness (QED) is 0.540. The van der Waals surface area contributed by atoms with Crippen molar-refractivity contribution >= 4 is 5.84 Å². The molecule has 2 aromatic rings. The summed E-state index contributed by atoms with van der Waals surface area (Å²) >= 11 is 0. The van der Waals surface area contributed by atoms with Crippen molar-refractivity contribution in [1.82, 2.24) is 25.0 Å². The number of ether oxygens (including phenoxy) is 1. The molecule has 8 nitrogen and oxygen atoms in total. The van der Waals surface area contributed by atoms with Gasteiger partial charge in [0.05, 0.1) is 11.8 Å². The van der Waals surface area contributed by atoms with Gasteiger partial charge in [-0.1, -0.05) is 0 Å². The van der Waals surface area contributed by atoms with Gasteiger partial charge in [0.2, 0.25) is 0 Å². The maximum absolute atomic E-state index is 7.33. The maximum Gasteiger partial charge on any atom is 0.342 e. The monoisotopic (exact) mass is 219 g/mol. The second kappa shape index (κ2) is 3.93. The number of aromatic nitrogens is 5. The smallest absolute Gasteiger partial charge is 0.342 e. The zero-order chi connectivity index (χ0) is 11.5. The zero-order valence-electron chi connectivity index (χ0n) is 8.45. The van der Waals surface area contributed by atoms with Crippen LogP contribution >= 0.6 is 0 Å². The van der Waals surface area contributed by atoms with Crippen LogP contribution in [0.15, 0.2) is 18.6 Å². The lowest BCUT2D eigenvalue weighted by Crippen LogP contribution is -2.13. The first-order valence-electron chi connectivity index (χ1n) is 4.36. The van der Waals surface area contributed by atoms with Gasteiger partial charge in [0.15, 0.2) is 0 Å². The van der Waals surface area contributed by atoms with E-state index in [0.29, 0.717) is 5.56 Å². The van der Waals surface area contributed by atoms with Crippen molar-refractivity contribution in [3.63, 3.8) is 0 Å². The van der Waals surface area contributed by atoms with E-state index in [0.717, 1.165) is 0 Å². The second-order valence-corrected chi connectivity index (χ2v) is 2.97. The highest BCUT2D eigenvalue weighted by molar-refractivity contribution is 5.96. The first-order valence-corrected chi connectivity index (χ1v) is 4.36. The van der Waals surface area contributed by atoms with Crippen LogP contribution in [0.1, 0.15) is 5.56 Å². The van der Waals surface area contributed by atoms with Crippen molar-refractivity contribution in [2.45, 2.75) is 0 Å². The summed E-state index contributed by atoms with van der Waals surface area (Å²) in [6, 6.07) is 1.67. The molecule has 0 radical (unpaired) electrons. The van der Waals surface area contributed by atoms with Gasteiger partial charge in [0, 0.05) is 7.05 Å². The summed E-state index contributed by atoms with van der Waals surface area (Å²) in [7, 11) is 1.71. The Hall–Kier alpha value is -2.51. The summed E-state index contributed by atoms with van der Waals surface area (Å²) in [4.78, 5) is 3.86. The zero-order valence-corrected chi connectivity index (χ0v) is 8.45. The van der Waals surface area contributed by atoms with Gasteiger partial charge in [-0.15, -0.1) is 10.2 Å². The van der Waals surface area contributed by atoms with Crippen LogP contribution in [0.4, 0.5) is 0 Å². The van der Waals surface area contributed by atoms with E-state index in [1.165, 1.54) is 23.3 Å². The molecule has 0 aliphatic heterocycles. The van der Waals surface area contributed by atoms with Gasteiger partial charge in [0.25, 0.3) is 5.88 Å². The lowest BCUT2D eigenvalue weighted by atomic mass is 10.3. The first kappa shape index (κ1) is 10.0. The average Bonchev–Trinajstić information content (AvgIpc) is 2.64. The molecule has 2 rings (SSSR count). The van der Waals surface area contributed by atoms with Crippen LogP contribution in [0.5, 0.6) is 11.9 Å². The minimum absolute atomic E-state index is 0.112. The van der Waals surface area contributed by atoms with Gasteiger partial charge in [0.1, 0.15) is 12.2 Å². The number of rotatable bonds is 3. The molecule has 16 heavy (non-hydrogen) atoms. The fraction of sp³-hybridized carbons (Fsp3) is 0.125. The molecule has 0 bridgehead atoms. The Morgan fingerprint density at radius 1 is 1.56 bits per heavy atom. The Morgan fingerprint density at radius 3 is 3.00 bits per heavy atom. The standard InChI is InChI=1S/C8H9N7O/c1-15-4-11-8(14-15)16-7-5(6(9)10)2-3-12-13-7/h2-4H,1H3,(H3,9,10). The summed E-state index contributed by atoms with van der Waals surface area (Å²) in [6.45, 7) is 0. The Bertz CT molecular complexity index is 521. The third kappa shape index (κ3) is 1.95. The molecule has 0 spiro atoms. The SMILES string of the molecule is Cn1cnc(Oc2nnccc2C(=N)N)n1. The molecule has 0 unspecified atom stereocenters. The number of nitrogens with two attached hydrogens (primary N) is 1. The van der Waals surface area contributed by atoms with Crippen molar-refractivity contribution in [3.8, 4) is 11.9 Å². The number of nitrogen functional groups attached to an aromatic ring is 1. The van der Waals surface area contributed by atoms with Gasteiger partial charge in [-0.25, -0.2) is 0 Å². The number of hydrogen-bond donors (Lipinski definition) is 2. The molecule has 0 fully saturated rings. The molecule has 8 heteroatoms. The van der Waals surface area contributed by atoms with Gasteiger partial charge in [-0.3, -0.25) is 10.1 Å². The topological polar surface area (TPSA) is 116 Å². The minimum atomic E-state index is -0.152. The Labute approximate surface area is 90.6 Å². The van der Waals surface area contributed by atoms with Gasteiger partial charge < -0.3 is 10.5 Å². The van der Waals surface area contributed by atoms with Crippen molar-refractivity contribution in [2.24, 2.45) is 12.8 Å². The third-order valence-electron chi connectivity index (χ3n) is 1.74. The highest BCUT2D eigenvalue weighted by Gasteiger charge is 2.11. The maximum atomic E-state index is 7.33. The van der Waals surface area contributed by atoms with Crippen LogP contribution < -0.4 is 10.5 Å². The molecule has 0 atom stereocenters. The summed E-state index contributed by atoms with van der Waals surface area (Å²) in [5.41, 5.74) is 5.71. The summed E-state index contributed by atoms with van der Waals surface area (Å²) < 4.78 is 6.74. The average molecular weight is 219 g/mol. The van der Waals surface area contributed by atoms with Gasteiger partial charge in [-0.2, -0.15) is 10.1 Å². The predicted molar refractivity (Wildman–Crippen MR) is 54.1 cm³/mol. The lowest BCUT2D eigenvalue weighted by Gasteiger charge is -2.03. The highest BCUT2D eigenvalue weighted by atomic mass is 16.5. The van der Waals surface area contributed by atoms with Crippen molar-refractivity contribution < 1.29 is 4.74 Å². The molecule has 0 aliphatic carbocycles. The molecule has 2 aromatic heterocycles.